The fraction of sp³-hybridized carbons (Fsp3) is 0.818. The van der Waals surface area contributed by atoms with Crippen molar-refractivity contribution in [1.82, 2.24) is 5.32 Å². The fourth-order valence-corrected chi connectivity index (χ4v) is 1.89. The van der Waals surface area contributed by atoms with E-state index in [0.717, 1.165) is 6.42 Å². The summed E-state index contributed by atoms with van der Waals surface area (Å²) >= 11 is 0. The lowest BCUT2D eigenvalue weighted by Crippen LogP contribution is -2.41. The average molecular weight is 229 g/mol. The predicted molar refractivity (Wildman–Crippen MR) is 58.0 cm³/mol. The third kappa shape index (κ3) is 3.48. The Morgan fingerprint density at radius 3 is 2.69 bits per heavy atom. The lowest BCUT2D eigenvalue weighted by molar-refractivity contribution is -0.137. The van der Waals surface area contributed by atoms with Crippen LogP contribution in [0.4, 0.5) is 0 Å². The number of carbonyl (C=O) groups is 2. The van der Waals surface area contributed by atoms with E-state index < -0.39 is 5.97 Å². The van der Waals surface area contributed by atoms with Crippen molar-refractivity contribution >= 4 is 11.9 Å². The topological polar surface area (TPSA) is 75.6 Å². The molecular formula is C11H19NO4. The van der Waals surface area contributed by atoms with Crippen molar-refractivity contribution in [2.24, 2.45) is 5.92 Å². The SMILES string of the molecule is CCC(CC(=O)O)NC(=O)C1CCOC1C. The second-order valence-electron chi connectivity index (χ2n) is 4.18. The zero-order chi connectivity index (χ0) is 12.1. The number of carboxylic acids is 1. The molecule has 1 aliphatic rings. The summed E-state index contributed by atoms with van der Waals surface area (Å²) in [7, 11) is 0. The van der Waals surface area contributed by atoms with Gasteiger partial charge in [-0.15, -0.1) is 0 Å². The standard InChI is InChI=1S/C11H19NO4/c1-3-8(6-10(13)14)12-11(15)9-4-5-16-7(9)2/h7-9H,3-6H2,1-2H3,(H,12,15)(H,13,14). The van der Waals surface area contributed by atoms with Crippen LogP contribution in [-0.2, 0) is 14.3 Å². The van der Waals surface area contributed by atoms with Crippen LogP contribution < -0.4 is 5.32 Å². The molecule has 0 aromatic carbocycles. The van der Waals surface area contributed by atoms with Crippen LogP contribution in [0.25, 0.3) is 0 Å². The highest BCUT2D eigenvalue weighted by atomic mass is 16.5. The van der Waals surface area contributed by atoms with Crippen molar-refractivity contribution in [3.05, 3.63) is 0 Å². The van der Waals surface area contributed by atoms with Crippen LogP contribution in [0.5, 0.6) is 0 Å². The Bertz CT molecular complexity index is 267. The van der Waals surface area contributed by atoms with Gasteiger partial charge >= 0.3 is 5.97 Å². The Hall–Kier alpha value is -1.10. The maximum absolute atomic E-state index is 11.8. The van der Waals surface area contributed by atoms with Gasteiger partial charge in [0, 0.05) is 12.6 Å². The van der Waals surface area contributed by atoms with Crippen molar-refractivity contribution in [3.8, 4) is 0 Å². The van der Waals surface area contributed by atoms with Gasteiger partial charge in [-0.3, -0.25) is 9.59 Å². The fourth-order valence-electron chi connectivity index (χ4n) is 1.89. The summed E-state index contributed by atoms with van der Waals surface area (Å²) in [6.45, 7) is 4.34. The van der Waals surface area contributed by atoms with Crippen molar-refractivity contribution < 1.29 is 19.4 Å². The molecule has 5 nitrogen and oxygen atoms in total. The summed E-state index contributed by atoms with van der Waals surface area (Å²) in [6.07, 6.45) is 1.25. The average Bonchev–Trinajstić information content (AvgIpc) is 2.62. The smallest absolute Gasteiger partial charge is 0.305 e. The van der Waals surface area contributed by atoms with Crippen LogP contribution in [0.15, 0.2) is 0 Å². The Morgan fingerprint density at radius 1 is 1.56 bits per heavy atom. The van der Waals surface area contributed by atoms with Gasteiger partial charge in [-0.05, 0) is 19.8 Å². The molecule has 92 valence electrons. The van der Waals surface area contributed by atoms with E-state index in [2.05, 4.69) is 5.32 Å². The third-order valence-corrected chi connectivity index (χ3v) is 2.97. The van der Waals surface area contributed by atoms with Crippen LogP contribution >= 0.6 is 0 Å². The zero-order valence-corrected chi connectivity index (χ0v) is 9.73. The molecule has 1 heterocycles. The van der Waals surface area contributed by atoms with E-state index >= 15 is 0 Å². The molecule has 1 amide bonds. The van der Waals surface area contributed by atoms with E-state index in [1.165, 1.54) is 0 Å². The summed E-state index contributed by atoms with van der Waals surface area (Å²) in [4.78, 5) is 22.4. The van der Waals surface area contributed by atoms with Crippen LogP contribution in [0.1, 0.15) is 33.1 Å². The molecule has 0 bridgehead atoms. The number of aliphatic carboxylic acids is 1. The second kappa shape index (κ2) is 5.84. The van der Waals surface area contributed by atoms with Crippen LogP contribution in [0, 0.1) is 5.92 Å². The number of hydrogen-bond donors (Lipinski definition) is 2. The molecule has 5 heteroatoms. The van der Waals surface area contributed by atoms with Gasteiger partial charge in [-0.1, -0.05) is 6.92 Å². The number of amides is 1. The highest BCUT2D eigenvalue weighted by molar-refractivity contribution is 5.80. The first-order valence-corrected chi connectivity index (χ1v) is 5.68. The molecule has 1 fully saturated rings. The molecule has 3 unspecified atom stereocenters. The maximum atomic E-state index is 11.8. The molecule has 0 radical (unpaired) electrons. The minimum Gasteiger partial charge on any atom is -0.481 e. The molecule has 1 saturated heterocycles. The Balaban J connectivity index is 2.45. The van der Waals surface area contributed by atoms with E-state index in [4.69, 9.17) is 9.84 Å². The number of ether oxygens (including phenoxy) is 1. The van der Waals surface area contributed by atoms with Gasteiger partial charge in [0.25, 0.3) is 0 Å². The van der Waals surface area contributed by atoms with Crippen LogP contribution in [0.2, 0.25) is 0 Å². The predicted octanol–water partition coefficient (Wildman–Crippen LogP) is 0.781. The first-order valence-electron chi connectivity index (χ1n) is 5.68. The molecule has 1 aliphatic heterocycles. The number of carboxylic acid groups (broad SMARTS) is 1. The van der Waals surface area contributed by atoms with Crippen molar-refractivity contribution in [1.29, 1.82) is 0 Å². The monoisotopic (exact) mass is 229 g/mol. The minimum atomic E-state index is -0.886. The summed E-state index contributed by atoms with van der Waals surface area (Å²) in [5.41, 5.74) is 0. The summed E-state index contributed by atoms with van der Waals surface area (Å²) < 4.78 is 5.31. The van der Waals surface area contributed by atoms with Crippen LogP contribution in [0.3, 0.4) is 0 Å². The molecule has 0 aromatic rings. The van der Waals surface area contributed by atoms with Crippen molar-refractivity contribution in [2.45, 2.75) is 45.3 Å². The molecule has 1 rings (SSSR count). The first kappa shape index (κ1) is 13.0. The summed E-state index contributed by atoms with van der Waals surface area (Å²) in [6, 6.07) is -0.280. The molecule has 0 aromatic heterocycles. The third-order valence-electron chi connectivity index (χ3n) is 2.97. The molecule has 16 heavy (non-hydrogen) atoms. The zero-order valence-electron chi connectivity index (χ0n) is 9.73. The highest BCUT2D eigenvalue weighted by Gasteiger charge is 2.31. The number of rotatable bonds is 5. The van der Waals surface area contributed by atoms with Gasteiger partial charge in [0.15, 0.2) is 0 Å². The Labute approximate surface area is 95.2 Å². The largest absolute Gasteiger partial charge is 0.481 e. The number of carbonyl (C=O) groups excluding carboxylic acids is 1. The van der Waals surface area contributed by atoms with Gasteiger partial charge in [0.2, 0.25) is 5.91 Å². The molecule has 0 spiro atoms. The molecular weight excluding hydrogens is 210 g/mol. The summed E-state index contributed by atoms with van der Waals surface area (Å²) in [5, 5.41) is 11.4. The lowest BCUT2D eigenvalue weighted by atomic mass is 10.0. The quantitative estimate of drug-likeness (QED) is 0.730. The summed E-state index contributed by atoms with van der Waals surface area (Å²) in [5.74, 6) is -1.11. The Kier molecular flexibility index (Phi) is 4.73. The van der Waals surface area contributed by atoms with E-state index in [-0.39, 0.29) is 30.4 Å². The van der Waals surface area contributed by atoms with Gasteiger partial charge in [0.05, 0.1) is 18.4 Å². The molecule has 2 N–H and O–H groups in total. The minimum absolute atomic E-state index is 0.0236. The highest BCUT2D eigenvalue weighted by Crippen LogP contribution is 2.20. The van der Waals surface area contributed by atoms with Gasteiger partial charge in [-0.2, -0.15) is 0 Å². The van der Waals surface area contributed by atoms with Crippen molar-refractivity contribution in [3.63, 3.8) is 0 Å². The van der Waals surface area contributed by atoms with E-state index in [1.807, 2.05) is 13.8 Å². The Morgan fingerprint density at radius 2 is 2.25 bits per heavy atom. The maximum Gasteiger partial charge on any atom is 0.305 e. The van der Waals surface area contributed by atoms with E-state index in [9.17, 15) is 9.59 Å². The molecule has 0 saturated carbocycles. The number of nitrogens with one attached hydrogen (secondary N) is 1. The first-order chi connectivity index (χ1) is 7.54. The lowest BCUT2D eigenvalue weighted by Gasteiger charge is -2.19. The van der Waals surface area contributed by atoms with Crippen molar-refractivity contribution in [2.75, 3.05) is 6.61 Å². The molecule has 0 aliphatic carbocycles. The molecule has 3 atom stereocenters. The van der Waals surface area contributed by atoms with Gasteiger partial charge in [-0.25, -0.2) is 0 Å². The van der Waals surface area contributed by atoms with Gasteiger partial charge in [0.1, 0.15) is 0 Å². The van der Waals surface area contributed by atoms with E-state index in [0.29, 0.717) is 13.0 Å². The van der Waals surface area contributed by atoms with E-state index in [1.54, 1.807) is 0 Å². The normalized spacial score (nSPS) is 26.4. The van der Waals surface area contributed by atoms with Crippen LogP contribution in [-0.4, -0.2) is 35.7 Å². The number of hydrogen-bond acceptors (Lipinski definition) is 3. The van der Waals surface area contributed by atoms with Gasteiger partial charge < -0.3 is 15.2 Å². The second-order valence-corrected chi connectivity index (χ2v) is 4.18.